The molecule has 2 aromatic carbocycles. The molecule has 0 atom stereocenters. The molecule has 0 radical (unpaired) electrons. The van der Waals surface area contributed by atoms with Crippen LogP contribution in [0.5, 0.6) is 0 Å². The maximum atomic E-state index is 12.2. The molecule has 0 spiro atoms. The molecule has 0 unspecified atom stereocenters. The normalized spacial score (nSPS) is 14.4. The van der Waals surface area contributed by atoms with Gasteiger partial charge in [0.15, 0.2) is 9.84 Å². The number of nitrogens with one attached hydrogen (secondary N) is 1. The number of amides is 2. The van der Waals surface area contributed by atoms with Crippen LogP contribution >= 0.6 is 0 Å². The van der Waals surface area contributed by atoms with E-state index in [0.717, 1.165) is 22.3 Å². The molecule has 3 rings (SSSR count). The smallest absolute Gasteiger partial charge is 0.277 e. The molecule has 1 aliphatic rings. The van der Waals surface area contributed by atoms with Crippen LogP contribution in [0.4, 0.5) is 5.69 Å². The summed E-state index contributed by atoms with van der Waals surface area (Å²) in [5.74, 6) is -0.957. The van der Waals surface area contributed by atoms with Crippen LogP contribution in [0.2, 0.25) is 0 Å². The van der Waals surface area contributed by atoms with Gasteiger partial charge in [-0.2, -0.15) is 0 Å². The summed E-state index contributed by atoms with van der Waals surface area (Å²) >= 11 is 0. The van der Waals surface area contributed by atoms with E-state index in [4.69, 9.17) is 5.11 Å². The average Bonchev–Trinajstić information content (AvgIpc) is 2.89. The van der Waals surface area contributed by atoms with Crippen molar-refractivity contribution in [1.29, 1.82) is 0 Å². The molecule has 1 heterocycles. The van der Waals surface area contributed by atoms with Gasteiger partial charge in [0, 0.05) is 18.0 Å². The van der Waals surface area contributed by atoms with Crippen LogP contribution in [-0.2, 0) is 19.4 Å². The minimum absolute atomic E-state index is 0.0495. The Balaban J connectivity index is 1.82. The van der Waals surface area contributed by atoms with Gasteiger partial charge in [0.05, 0.1) is 18.0 Å². The minimum atomic E-state index is -3.26. The molecule has 0 fully saturated rings. The third kappa shape index (κ3) is 4.07. The lowest BCUT2D eigenvalue weighted by Crippen LogP contribution is -2.34. The average molecular weight is 386 g/mol. The number of carbonyl (C=O) groups is 2. The van der Waals surface area contributed by atoms with Crippen molar-refractivity contribution >= 4 is 27.3 Å². The van der Waals surface area contributed by atoms with E-state index in [1.165, 1.54) is 6.08 Å². The van der Waals surface area contributed by atoms with Gasteiger partial charge in [0.2, 0.25) is 0 Å². The highest BCUT2D eigenvalue weighted by atomic mass is 32.2. The van der Waals surface area contributed by atoms with Crippen molar-refractivity contribution in [3.05, 3.63) is 60.3 Å². The fraction of sp³-hybridized carbons (Fsp3) is 0.158. The summed E-state index contributed by atoms with van der Waals surface area (Å²) in [6, 6.07) is 13.7. The van der Waals surface area contributed by atoms with Crippen LogP contribution in [0.1, 0.15) is 0 Å². The summed E-state index contributed by atoms with van der Waals surface area (Å²) in [6.45, 7) is -0.344. The number of hydrogen-bond donors (Lipinski definition) is 2. The van der Waals surface area contributed by atoms with E-state index in [1.54, 1.807) is 42.5 Å². The first-order chi connectivity index (χ1) is 12.8. The molecule has 140 valence electrons. The lowest BCUT2D eigenvalue weighted by atomic mass is 10.1. The summed E-state index contributed by atoms with van der Waals surface area (Å²) in [4.78, 5) is 25.2. The Hall–Kier alpha value is -2.97. The zero-order chi connectivity index (χ0) is 19.6. The Kier molecular flexibility index (Phi) is 5.11. The third-order valence-electron chi connectivity index (χ3n) is 4.09. The van der Waals surface area contributed by atoms with Crippen molar-refractivity contribution < 1.29 is 23.1 Å². The summed E-state index contributed by atoms with van der Waals surface area (Å²) < 4.78 is 23.1. The Bertz CT molecular complexity index is 1030. The van der Waals surface area contributed by atoms with Gasteiger partial charge in [-0.3, -0.25) is 14.5 Å². The van der Waals surface area contributed by atoms with Crippen molar-refractivity contribution in [2.45, 2.75) is 4.90 Å². The van der Waals surface area contributed by atoms with Gasteiger partial charge in [0.1, 0.15) is 5.70 Å². The van der Waals surface area contributed by atoms with Gasteiger partial charge in [-0.15, -0.1) is 0 Å². The van der Waals surface area contributed by atoms with Gasteiger partial charge in [-0.1, -0.05) is 24.3 Å². The van der Waals surface area contributed by atoms with Gasteiger partial charge in [0.25, 0.3) is 11.8 Å². The lowest BCUT2D eigenvalue weighted by Gasteiger charge is -2.13. The highest BCUT2D eigenvalue weighted by Crippen LogP contribution is 2.25. The van der Waals surface area contributed by atoms with E-state index >= 15 is 0 Å². The number of imide groups is 1. The number of carbonyl (C=O) groups excluding carboxylic acids is 2. The molecule has 1 aliphatic heterocycles. The van der Waals surface area contributed by atoms with Crippen LogP contribution in [0.15, 0.2) is 65.2 Å². The first kappa shape index (κ1) is 18.8. The van der Waals surface area contributed by atoms with Crippen molar-refractivity contribution in [1.82, 2.24) is 4.90 Å². The zero-order valence-corrected chi connectivity index (χ0v) is 15.4. The molecular formula is C19H18N2O5S. The van der Waals surface area contributed by atoms with E-state index in [2.05, 4.69) is 5.32 Å². The van der Waals surface area contributed by atoms with Crippen LogP contribution < -0.4 is 5.32 Å². The molecule has 0 aromatic heterocycles. The van der Waals surface area contributed by atoms with Crippen molar-refractivity contribution in [2.75, 3.05) is 24.7 Å². The molecule has 0 saturated heterocycles. The number of sulfone groups is 1. The second-order valence-corrected chi connectivity index (χ2v) is 8.09. The minimum Gasteiger partial charge on any atom is -0.395 e. The van der Waals surface area contributed by atoms with Crippen LogP contribution in [0.25, 0.3) is 11.1 Å². The summed E-state index contributed by atoms with van der Waals surface area (Å²) in [6.07, 6.45) is 2.35. The topological polar surface area (TPSA) is 104 Å². The SMILES string of the molecule is CS(=O)(=O)c1ccc(-c2cccc(NC3=CC(=O)N(CCO)C3=O)c2)cc1. The number of aliphatic hydroxyl groups excluding tert-OH is 1. The number of β-amino-alcohol motifs (C(OH)–C–C–N with tert-alkyl or cyclic N) is 1. The molecule has 27 heavy (non-hydrogen) atoms. The Morgan fingerprint density at radius 1 is 1.04 bits per heavy atom. The molecule has 2 N–H and O–H groups in total. The monoisotopic (exact) mass is 386 g/mol. The zero-order valence-electron chi connectivity index (χ0n) is 14.5. The highest BCUT2D eigenvalue weighted by molar-refractivity contribution is 7.90. The van der Waals surface area contributed by atoms with Crippen LogP contribution in [-0.4, -0.2) is 49.6 Å². The predicted molar refractivity (Wildman–Crippen MR) is 100 cm³/mol. The Morgan fingerprint density at radius 3 is 2.37 bits per heavy atom. The fourth-order valence-electron chi connectivity index (χ4n) is 2.74. The van der Waals surface area contributed by atoms with E-state index in [0.29, 0.717) is 5.69 Å². The summed E-state index contributed by atoms with van der Waals surface area (Å²) in [5.41, 5.74) is 2.39. The number of hydrogen-bond acceptors (Lipinski definition) is 6. The highest BCUT2D eigenvalue weighted by Gasteiger charge is 2.30. The number of rotatable bonds is 6. The third-order valence-corrected chi connectivity index (χ3v) is 5.22. The summed E-state index contributed by atoms with van der Waals surface area (Å²) in [7, 11) is -3.26. The molecular weight excluding hydrogens is 368 g/mol. The number of anilines is 1. The summed E-state index contributed by atoms with van der Waals surface area (Å²) in [5, 5.41) is 11.9. The standard InChI is InChI=1S/C19H18N2O5S/c1-27(25,26)16-7-5-13(6-8-16)14-3-2-4-15(11-14)20-17-12-18(23)21(9-10-22)19(17)24/h2-8,11-12,20,22H,9-10H2,1H3. The lowest BCUT2D eigenvalue weighted by molar-refractivity contribution is -0.137. The van der Waals surface area contributed by atoms with E-state index in [-0.39, 0.29) is 23.7 Å². The Morgan fingerprint density at radius 2 is 1.74 bits per heavy atom. The van der Waals surface area contributed by atoms with E-state index in [1.807, 2.05) is 6.07 Å². The first-order valence-corrected chi connectivity index (χ1v) is 10.0. The molecule has 7 nitrogen and oxygen atoms in total. The van der Waals surface area contributed by atoms with Crippen molar-refractivity contribution in [2.24, 2.45) is 0 Å². The number of aliphatic hydroxyl groups is 1. The molecule has 8 heteroatoms. The predicted octanol–water partition coefficient (Wildman–Crippen LogP) is 1.41. The second kappa shape index (κ2) is 7.34. The first-order valence-electron chi connectivity index (χ1n) is 8.15. The van der Waals surface area contributed by atoms with E-state index in [9.17, 15) is 18.0 Å². The van der Waals surface area contributed by atoms with Gasteiger partial charge in [-0.25, -0.2) is 8.42 Å². The largest absolute Gasteiger partial charge is 0.395 e. The fourth-order valence-corrected chi connectivity index (χ4v) is 3.37. The molecule has 0 bridgehead atoms. The number of nitrogens with zero attached hydrogens (tertiary/aromatic N) is 1. The van der Waals surface area contributed by atoms with Gasteiger partial charge < -0.3 is 10.4 Å². The van der Waals surface area contributed by atoms with Gasteiger partial charge >= 0.3 is 0 Å². The second-order valence-electron chi connectivity index (χ2n) is 6.08. The maximum absolute atomic E-state index is 12.2. The maximum Gasteiger partial charge on any atom is 0.277 e. The van der Waals surface area contributed by atoms with Gasteiger partial charge in [-0.05, 0) is 35.4 Å². The molecule has 2 aromatic rings. The van der Waals surface area contributed by atoms with E-state index < -0.39 is 21.7 Å². The number of benzene rings is 2. The van der Waals surface area contributed by atoms with Crippen LogP contribution in [0, 0.1) is 0 Å². The van der Waals surface area contributed by atoms with Crippen molar-refractivity contribution in [3.8, 4) is 11.1 Å². The molecule has 2 amide bonds. The Labute approximate surface area is 156 Å². The van der Waals surface area contributed by atoms with Crippen molar-refractivity contribution in [3.63, 3.8) is 0 Å². The van der Waals surface area contributed by atoms with Crippen LogP contribution in [0.3, 0.4) is 0 Å². The molecule has 0 aliphatic carbocycles. The quantitative estimate of drug-likeness (QED) is 0.728. The molecule has 0 saturated carbocycles.